The Balaban J connectivity index is 2.36. The van der Waals surface area contributed by atoms with Crippen molar-refractivity contribution >= 4 is 17.5 Å². The van der Waals surface area contributed by atoms with Gasteiger partial charge in [-0.2, -0.15) is 0 Å². The standard InChI is InChI=1S/C9H7NO4/c10-5-1-4-2-6(11)7(12)3-8(4)14-9(5)13/h2-3,5H,1,10H2. The molecule has 0 aromatic carbocycles. The van der Waals surface area contributed by atoms with E-state index in [0.29, 0.717) is 5.57 Å². The topological polar surface area (TPSA) is 86.5 Å². The maximum absolute atomic E-state index is 11.0. The number of hydrogen-bond donors (Lipinski definition) is 1. The molecule has 1 aliphatic heterocycles. The van der Waals surface area contributed by atoms with Crippen molar-refractivity contribution in [1.82, 2.24) is 0 Å². The third-order valence-electron chi connectivity index (χ3n) is 2.08. The average molecular weight is 193 g/mol. The summed E-state index contributed by atoms with van der Waals surface area (Å²) in [5.41, 5.74) is 5.94. The van der Waals surface area contributed by atoms with Crippen LogP contribution in [0.3, 0.4) is 0 Å². The predicted octanol–water partition coefficient (Wildman–Crippen LogP) is -0.777. The minimum absolute atomic E-state index is 0.154. The van der Waals surface area contributed by atoms with Crippen LogP contribution in [-0.2, 0) is 19.1 Å². The summed E-state index contributed by atoms with van der Waals surface area (Å²) in [6.45, 7) is 0. The van der Waals surface area contributed by atoms with E-state index in [-0.39, 0.29) is 12.2 Å². The van der Waals surface area contributed by atoms with Gasteiger partial charge in [0.15, 0.2) is 0 Å². The summed E-state index contributed by atoms with van der Waals surface area (Å²) in [4.78, 5) is 33.0. The minimum atomic E-state index is -0.751. The van der Waals surface area contributed by atoms with E-state index in [1.54, 1.807) is 0 Å². The number of rotatable bonds is 0. The highest BCUT2D eigenvalue weighted by Gasteiger charge is 2.31. The number of ketones is 2. The molecule has 0 saturated carbocycles. The number of allylic oxidation sites excluding steroid dienone is 3. The van der Waals surface area contributed by atoms with Gasteiger partial charge in [0, 0.05) is 18.1 Å². The Morgan fingerprint density at radius 1 is 1.21 bits per heavy atom. The van der Waals surface area contributed by atoms with Crippen molar-refractivity contribution in [1.29, 1.82) is 0 Å². The fourth-order valence-electron chi connectivity index (χ4n) is 1.34. The summed E-state index contributed by atoms with van der Waals surface area (Å²) in [6, 6.07) is -0.751. The van der Waals surface area contributed by atoms with Gasteiger partial charge in [0.25, 0.3) is 0 Å². The molecule has 2 rings (SSSR count). The van der Waals surface area contributed by atoms with Gasteiger partial charge in [-0.15, -0.1) is 0 Å². The highest BCUT2D eigenvalue weighted by atomic mass is 16.5. The first-order valence-corrected chi connectivity index (χ1v) is 4.06. The van der Waals surface area contributed by atoms with Gasteiger partial charge in [-0.05, 0) is 6.08 Å². The molecule has 0 amide bonds. The second kappa shape index (κ2) is 2.88. The molecule has 5 nitrogen and oxygen atoms in total. The second-order valence-corrected chi connectivity index (χ2v) is 3.14. The zero-order valence-corrected chi connectivity index (χ0v) is 7.15. The van der Waals surface area contributed by atoms with Crippen LogP contribution < -0.4 is 5.73 Å². The SMILES string of the molecule is NC1CC2=CC(=O)C(=O)C=C2OC1=O. The maximum Gasteiger partial charge on any atom is 0.328 e. The van der Waals surface area contributed by atoms with E-state index in [1.807, 2.05) is 0 Å². The summed E-state index contributed by atoms with van der Waals surface area (Å²) >= 11 is 0. The summed E-state index contributed by atoms with van der Waals surface area (Å²) < 4.78 is 4.78. The number of hydrogen-bond acceptors (Lipinski definition) is 5. The Labute approximate surface area is 79.2 Å². The second-order valence-electron chi connectivity index (χ2n) is 3.14. The van der Waals surface area contributed by atoms with Crippen LogP contribution in [0.25, 0.3) is 0 Å². The van der Waals surface area contributed by atoms with Crippen LogP contribution in [0.1, 0.15) is 6.42 Å². The first-order valence-electron chi connectivity index (χ1n) is 4.06. The molecule has 1 unspecified atom stereocenters. The maximum atomic E-state index is 11.0. The van der Waals surface area contributed by atoms with Crippen LogP contribution >= 0.6 is 0 Å². The fourth-order valence-corrected chi connectivity index (χ4v) is 1.34. The molecule has 2 N–H and O–H groups in total. The molecule has 1 heterocycles. The lowest BCUT2D eigenvalue weighted by Gasteiger charge is -2.23. The van der Waals surface area contributed by atoms with E-state index in [4.69, 9.17) is 10.5 Å². The van der Waals surface area contributed by atoms with Gasteiger partial charge in [-0.3, -0.25) is 9.59 Å². The average Bonchev–Trinajstić information content (AvgIpc) is 2.11. The Morgan fingerprint density at radius 3 is 2.57 bits per heavy atom. The number of ether oxygens (including phenoxy) is 1. The molecule has 72 valence electrons. The minimum Gasteiger partial charge on any atom is -0.425 e. The zero-order chi connectivity index (χ0) is 10.3. The highest BCUT2D eigenvalue weighted by molar-refractivity contribution is 6.46. The Hall–Kier alpha value is -1.75. The van der Waals surface area contributed by atoms with E-state index in [2.05, 4.69) is 0 Å². The smallest absolute Gasteiger partial charge is 0.328 e. The summed E-state index contributed by atoms with van der Waals surface area (Å²) in [5.74, 6) is -1.70. The molecule has 0 aromatic rings. The van der Waals surface area contributed by atoms with Crippen molar-refractivity contribution in [2.75, 3.05) is 0 Å². The molecule has 0 bridgehead atoms. The molecule has 1 atom stereocenters. The third kappa shape index (κ3) is 1.27. The van der Waals surface area contributed by atoms with E-state index in [1.165, 1.54) is 6.08 Å². The van der Waals surface area contributed by atoms with Crippen molar-refractivity contribution in [2.24, 2.45) is 5.73 Å². The summed E-state index contributed by atoms with van der Waals surface area (Å²) in [6.07, 6.45) is 2.44. The van der Waals surface area contributed by atoms with E-state index in [0.717, 1.165) is 6.08 Å². The van der Waals surface area contributed by atoms with Gasteiger partial charge in [-0.1, -0.05) is 0 Å². The largest absolute Gasteiger partial charge is 0.425 e. The van der Waals surface area contributed by atoms with Crippen LogP contribution in [0.15, 0.2) is 23.5 Å². The molecule has 1 aliphatic carbocycles. The molecule has 14 heavy (non-hydrogen) atoms. The molecule has 0 aromatic heterocycles. The lowest BCUT2D eigenvalue weighted by atomic mass is 9.95. The monoisotopic (exact) mass is 193 g/mol. The summed E-state index contributed by atoms with van der Waals surface area (Å²) in [5, 5.41) is 0. The van der Waals surface area contributed by atoms with Gasteiger partial charge >= 0.3 is 5.97 Å². The first-order chi connectivity index (χ1) is 6.58. The van der Waals surface area contributed by atoms with Crippen molar-refractivity contribution in [3.8, 4) is 0 Å². The van der Waals surface area contributed by atoms with Crippen molar-refractivity contribution in [3.63, 3.8) is 0 Å². The molecule has 0 radical (unpaired) electrons. The number of carbonyl (C=O) groups excluding carboxylic acids is 3. The van der Waals surface area contributed by atoms with Gasteiger partial charge < -0.3 is 10.5 Å². The van der Waals surface area contributed by atoms with Crippen LogP contribution in [-0.4, -0.2) is 23.6 Å². The lowest BCUT2D eigenvalue weighted by Crippen LogP contribution is -2.38. The lowest BCUT2D eigenvalue weighted by molar-refractivity contribution is -0.142. The Morgan fingerprint density at radius 2 is 1.86 bits per heavy atom. The molecule has 2 aliphatic rings. The molecule has 5 heteroatoms. The van der Waals surface area contributed by atoms with E-state index in [9.17, 15) is 14.4 Å². The van der Waals surface area contributed by atoms with E-state index < -0.39 is 23.6 Å². The molecule has 0 spiro atoms. The van der Waals surface area contributed by atoms with Crippen molar-refractivity contribution in [2.45, 2.75) is 12.5 Å². The first kappa shape index (κ1) is 8.83. The van der Waals surface area contributed by atoms with Crippen molar-refractivity contribution in [3.05, 3.63) is 23.5 Å². The molecular weight excluding hydrogens is 186 g/mol. The number of esters is 1. The summed E-state index contributed by atoms with van der Waals surface area (Å²) in [7, 11) is 0. The molecule has 1 saturated heterocycles. The predicted molar refractivity (Wildman–Crippen MR) is 44.9 cm³/mol. The van der Waals surface area contributed by atoms with Crippen LogP contribution in [0.2, 0.25) is 0 Å². The number of nitrogens with two attached hydrogens (primary N) is 1. The van der Waals surface area contributed by atoms with Crippen LogP contribution in [0.4, 0.5) is 0 Å². The van der Waals surface area contributed by atoms with Gasteiger partial charge in [-0.25, -0.2) is 4.79 Å². The van der Waals surface area contributed by atoms with Crippen LogP contribution in [0, 0.1) is 0 Å². The normalized spacial score (nSPS) is 26.4. The van der Waals surface area contributed by atoms with E-state index >= 15 is 0 Å². The van der Waals surface area contributed by atoms with Gasteiger partial charge in [0.05, 0.1) is 0 Å². The number of carbonyl (C=O) groups is 3. The third-order valence-corrected chi connectivity index (χ3v) is 2.08. The Kier molecular flexibility index (Phi) is 1.82. The van der Waals surface area contributed by atoms with Crippen molar-refractivity contribution < 1.29 is 19.1 Å². The fraction of sp³-hybridized carbons (Fsp3) is 0.222. The van der Waals surface area contributed by atoms with Crippen LogP contribution in [0.5, 0.6) is 0 Å². The Bertz CT molecular complexity index is 405. The highest BCUT2D eigenvalue weighted by Crippen LogP contribution is 2.26. The quantitative estimate of drug-likeness (QED) is 0.310. The number of fused-ring (bicyclic) bond motifs is 1. The molecular formula is C9H7NO4. The molecule has 1 fully saturated rings. The zero-order valence-electron chi connectivity index (χ0n) is 7.15. The van der Waals surface area contributed by atoms with Gasteiger partial charge in [0.1, 0.15) is 11.8 Å². The van der Waals surface area contributed by atoms with Gasteiger partial charge in [0.2, 0.25) is 11.6 Å².